The van der Waals surface area contributed by atoms with E-state index in [0.717, 1.165) is 6.54 Å². The smallest absolute Gasteiger partial charge is 0.222 e. The standard InChI is InChI=1S/2C14H20N3/c1-10-11-6-2-3-7-12(11)14-15-16-9-5-4-8-13(16)17(10)14;1-10-11-6-2-3-7-12(11)14-15-13-8-4-5-9-16(13)17(10)14/h2*10H,2-9H2,1H3/q2*+1. The average Bonchev–Trinajstić information content (AvgIpc) is 3.60. The highest BCUT2D eigenvalue weighted by Crippen LogP contribution is 2.41. The van der Waals surface area contributed by atoms with E-state index in [2.05, 4.69) is 32.5 Å². The molecule has 0 saturated heterocycles. The molecule has 0 amide bonds. The van der Waals surface area contributed by atoms with Crippen molar-refractivity contribution in [2.24, 2.45) is 0 Å². The van der Waals surface area contributed by atoms with Gasteiger partial charge in [0.2, 0.25) is 5.82 Å². The SMILES string of the molecule is CC1C2=C(CCCC2)c2nc3n([n+]21)CCCC3.CC1C2=C(CCCC2)c2nn3c([n+]21)CCCC3. The molecule has 2 aromatic heterocycles. The molecular formula is C28H40N6+2. The Morgan fingerprint density at radius 3 is 2.15 bits per heavy atom. The summed E-state index contributed by atoms with van der Waals surface area (Å²) in [7, 11) is 0. The maximum absolute atomic E-state index is 4.93. The van der Waals surface area contributed by atoms with E-state index in [1.165, 1.54) is 120 Å². The number of hydrogen-bond donors (Lipinski definition) is 0. The predicted octanol–water partition coefficient (Wildman–Crippen LogP) is 4.82. The maximum atomic E-state index is 4.93. The van der Waals surface area contributed by atoms with Crippen molar-refractivity contribution in [1.82, 2.24) is 19.4 Å². The summed E-state index contributed by atoms with van der Waals surface area (Å²) < 4.78 is 9.76. The minimum atomic E-state index is 0.569. The number of fused-ring (bicyclic) bond motifs is 8. The highest BCUT2D eigenvalue weighted by Gasteiger charge is 2.43. The molecule has 6 heteroatoms. The van der Waals surface area contributed by atoms with Gasteiger partial charge in [-0.2, -0.15) is 4.68 Å². The first-order chi connectivity index (χ1) is 16.7. The molecule has 6 heterocycles. The lowest BCUT2D eigenvalue weighted by Crippen LogP contribution is -2.47. The van der Waals surface area contributed by atoms with Crippen molar-refractivity contribution in [2.75, 3.05) is 0 Å². The molecule has 0 spiro atoms. The predicted molar refractivity (Wildman–Crippen MR) is 131 cm³/mol. The maximum Gasteiger partial charge on any atom is 0.347 e. The van der Waals surface area contributed by atoms with E-state index < -0.39 is 0 Å². The Morgan fingerprint density at radius 1 is 0.676 bits per heavy atom. The van der Waals surface area contributed by atoms with Gasteiger partial charge in [0.05, 0.1) is 12.1 Å². The van der Waals surface area contributed by atoms with Crippen LogP contribution in [0.15, 0.2) is 11.1 Å². The van der Waals surface area contributed by atoms with Crippen molar-refractivity contribution >= 4 is 11.1 Å². The second-order valence-electron chi connectivity index (χ2n) is 11.3. The normalized spacial score (nSPS) is 26.8. The zero-order valence-electron chi connectivity index (χ0n) is 21.2. The van der Waals surface area contributed by atoms with Crippen LogP contribution < -0.4 is 9.25 Å². The summed E-state index contributed by atoms with van der Waals surface area (Å²) >= 11 is 0. The Kier molecular flexibility index (Phi) is 5.06. The minimum absolute atomic E-state index is 0.569. The van der Waals surface area contributed by atoms with Crippen molar-refractivity contribution in [1.29, 1.82) is 0 Å². The van der Waals surface area contributed by atoms with E-state index in [4.69, 9.17) is 10.1 Å². The molecule has 0 radical (unpaired) electrons. The molecule has 0 saturated carbocycles. The lowest BCUT2D eigenvalue weighted by Gasteiger charge is -2.16. The molecule has 0 N–H and O–H groups in total. The minimum Gasteiger partial charge on any atom is -0.222 e. The first-order valence-corrected chi connectivity index (χ1v) is 14.2. The number of rotatable bonds is 0. The molecule has 6 aliphatic rings. The average molecular weight is 461 g/mol. The van der Waals surface area contributed by atoms with Crippen LogP contribution in [0.3, 0.4) is 0 Å². The highest BCUT2D eigenvalue weighted by atomic mass is 15.5. The van der Waals surface area contributed by atoms with E-state index >= 15 is 0 Å². The van der Waals surface area contributed by atoms with Crippen LogP contribution in [0.25, 0.3) is 11.1 Å². The first-order valence-electron chi connectivity index (χ1n) is 14.2. The fourth-order valence-corrected chi connectivity index (χ4v) is 7.68. The van der Waals surface area contributed by atoms with Crippen molar-refractivity contribution in [3.05, 3.63) is 34.4 Å². The van der Waals surface area contributed by atoms with E-state index in [1.54, 1.807) is 22.3 Å². The first kappa shape index (κ1) is 21.1. The molecule has 180 valence electrons. The Labute approximate surface area is 203 Å². The summed E-state index contributed by atoms with van der Waals surface area (Å²) in [5.41, 5.74) is 6.55. The van der Waals surface area contributed by atoms with Crippen LogP contribution >= 0.6 is 0 Å². The third-order valence-corrected chi connectivity index (χ3v) is 9.39. The lowest BCUT2D eigenvalue weighted by molar-refractivity contribution is -0.787. The molecule has 8 rings (SSSR count). The molecule has 2 aliphatic carbocycles. The summed E-state index contributed by atoms with van der Waals surface area (Å²) in [6.45, 7) is 7.03. The number of allylic oxidation sites excluding steroid dienone is 4. The summed E-state index contributed by atoms with van der Waals surface area (Å²) in [5, 5.41) is 4.89. The number of nitrogens with zero attached hydrogens (tertiary/aromatic N) is 6. The molecule has 2 atom stereocenters. The van der Waals surface area contributed by atoms with Crippen LogP contribution in [0, 0.1) is 0 Å². The van der Waals surface area contributed by atoms with Gasteiger partial charge < -0.3 is 0 Å². The van der Waals surface area contributed by atoms with Gasteiger partial charge in [-0.3, -0.25) is 0 Å². The zero-order valence-corrected chi connectivity index (χ0v) is 21.2. The van der Waals surface area contributed by atoms with E-state index in [9.17, 15) is 0 Å². The van der Waals surface area contributed by atoms with Crippen LogP contribution in [-0.2, 0) is 25.9 Å². The largest absolute Gasteiger partial charge is 0.347 e. The van der Waals surface area contributed by atoms with E-state index in [0.29, 0.717) is 12.1 Å². The molecule has 4 aliphatic heterocycles. The summed E-state index contributed by atoms with van der Waals surface area (Å²) in [4.78, 5) is 4.93. The van der Waals surface area contributed by atoms with Gasteiger partial charge in [-0.15, -0.1) is 9.36 Å². The molecule has 34 heavy (non-hydrogen) atoms. The Bertz CT molecular complexity index is 1110. The van der Waals surface area contributed by atoms with Crippen LogP contribution in [0.5, 0.6) is 0 Å². The molecule has 2 aromatic rings. The molecule has 0 bridgehead atoms. The molecule has 0 fully saturated rings. The van der Waals surface area contributed by atoms with Gasteiger partial charge in [-0.25, -0.2) is 4.57 Å². The van der Waals surface area contributed by atoms with Gasteiger partial charge in [0, 0.05) is 23.5 Å². The lowest BCUT2D eigenvalue weighted by atomic mass is 9.90. The number of aryl methyl sites for hydroxylation is 2. The number of hydrogen-bond acceptors (Lipinski definition) is 2. The topological polar surface area (TPSA) is 43.4 Å². The second-order valence-corrected chi connectivity index (χ2v) is 11.3. The molecule has 0 aromatic carbocycles. The summed E-state index contributed by atoms with van der Waals surface area (Å²) in [6.07, 6.45) is 18.3. The van der Waals surface area contributed by atoms with Gasteiger partial charge >= 0.3 is 11.6 Å². The Hall–Kier alpha value is -2.24. The van der Waals surface area contributed by atoms with Crippen molar-refractivity contribution in [3.8, 4) is 0 Å². The van der Waals surface area contributed by atoms with Crippen LogP contribution in [-0.4, -0.2) is 19.4 Å². The van der Waals surface area contributed by atoms with Gasteiger partial charge in [-0.1, -0.05) is 0 Å². The number of aromatic nitrogens is 6. The van der Waals surface area contributed by atoms with Crippen molar-refractivity contribution in [3.63, 3.8) is 0 Å². The molecule has 6 nitrogen and oxygen atoms in total. The van der Waals surface area contributed by atoms with Crippen LogP contribution in [0.2, 0.25) is 0 Å². The van der Waals surface area contributed by atoms with Gasteiger partial charge in [-0.05, 0) is 107 Å². The fourth-order valence-electron chi connectivity index (χ4n) is 7.68. The fraction of sp³-hybridized carbons (Fsp3) is 0.714. The van der Waals surface area contributed by atoms with Crippen molar-refractivity contribution < 1.29 is 9.25 Å². The third-order valence-electron chi connectivity index (χ3n) is 9.39. The molecular weight excluding hydrogens is 420 g/mol. The third kappa shape index (κ3) is 3.06. The zero-order chi connectivity index (χ0) is 22.8. The van der Waals surface area contributed by atoms with E-state index in [1.807, 2.05) is 0 Å². The Balaban J connectivity index is 0.000000118. The van der Waals surface area contributed by atoms with Gasteiger partial charge in [0.25, 0.3) is 5.82 Å². The highest BCUT2D eigenvalue weighted by molar-refractivity contribution is 5.66. The monoisotopic (exact) mass is 460 g/mol. The second kappa shape index (κ2) is 8.17. The summed E-state index contributed by atoms with van der Waals surface area (Å²) in [5.74, 6) is 5.43. The van der Waals surface area contributed by atoms with E-state index in [-0.39, 0.29) is 0 Å². The Morgan fingerprint density at radius 2 is 1.32 bits per heavy atom. The quantitative estimate of drug-likeness (QED) is 0.529. The van der Waals surface area contributed by atoms with Gasteiger partial charge in [0.1, 0.15) is 18.6 Å². The molecule has 2 unspecified atom stereocenters. The van der Waals surface area contributed by atoms with Crippen molar-refractivity contribution in [2.45, 2.75) is 129 Å². The van der Waals surface area contributed by atoms with Crippen LogP contribution in [0.1, 0.15) is 126 Å². The summed E-state index contributed by atoms with van der Waals surface area (Å²) in [6, 6.07) is 1.15. The van der Waals surface area contributed by atoms with Gasteiger partial charge in [0.15, 0.2) is 0 Å². The van der Waals surface area contributed by atoms with Crippen LogP contribution in [0.4, 0.5) is 0 Å².